The fraction of sp³-hybridized carbons (Fsp3) is 0.611. The zero-order valence-corrected chi connectivity index (χ0v) is 15.8. The van der Waals surface area contributed by atoms with Crippen LogP contribution in [-0.2, 0) is 16.6 Å². The number of hydrogen-bond acceptors (Lipinski definition) is 3. The summed E-state index contributed by atoms with van der Waals surface area (Å²) in [5, 5.41) is 6.62. The number of benzene rings is 1. The molecule has 140 valence electrons. The van der Waals surface area contributed by atoms with E-state index in [1.807, 2.05) is 37.3 Å². The molecule has 1 saturated carbocycles. The third-order valence-electron chi connectivity index (χ3n) is 4.26. The van der Waals surface area contributed by atoms with Crippen molar-refractivity contribution in [2.75, 3.05) is 18.8 Å². The molecule has 0 saturated heterocycles. The van der Waals surface area contributed by atoms with E-state index in [0.717, 1.165) is 24.9 Å². The Balaban J connectivity index is 1.80. The Morgan fingerprint density at radius 2 is 1.88 bits per heavy atom. The molecule has 6 nitrogen and oxygen atoms in total. The maximum Gasteiger partial charge on any atom is 0.213 e. The minimum absolute atomic E-state index is 0.0128. The Morgan fingerprint density at radius 1 is 1.16 bits per heavy atom. The van der Waals surface area contributed by atoms with Crippen molar-refractivity contribution in [3.05, 3.63) is 35.9 Å². The van der Waals surface area contributed by atoms with E-state index in [4.69, 9.17) is 0 Å². The molecular formula is C18H30N4O2S. The second-order valence-corrected chi connectivity index (χ2v) is 8.29. The number of aliphatic imine (C=N–C) groups is 1. The van der Waals surface area contributed by atoms with E-state index in [9.17, 15) is 8.42 Å². The van der Waals surface area contributed by atoms with Gasteiger partial charge in [0.1, 0.15) is 0 Å². The van der Waals surface area contributed by atoms with Gasteiger partial charge < -0.3 is 10.6 Å². The molecule has 0 atom stereocenters. The van der Waals surface area contributed by atoms with E-state index in [-0.39, 0.29) is 12.3 Å². The molecular weight excluding hydrogens is 336 g/mol. The van der Waals surface area contributed by atoms with E-state index < -0.39 is 10.0 Å². The maximum atomic E-state index is 12.1. The first-order valence-electron chi connectivity index (χ1n) is 9.15. The highest BCUT2D eigenvalue weighted by Gasteiger charge is 2.15. The molecule has 0 aromatic heterocycles. The highest BCUT2D eigenvalue weighted by atomic mass is 32.2. The van der Waals surface area contributed by atoms with Gasteiger partial charge >= 0.3 is 0 Å². The van der Waals surface area contributed by atoms with Gasteiger partial charge in [-0.1, -0.05) is 49.6 Å². The van der Waals surface area contributed by atoms with Gasteiger partial charge in [0.15, 0.2) is 5.96 Å². The molecule has 3 N–H and O–H groups in total. The summed E-state index contributed by atoms with van der Waals surface area (Å²) in [5.41, 5.74) is 0.946. The van der Waals surface area contributed by atoms with E-state index >= 15 is 0 Å². The molecule has 7 heteroatoms. The van der Waals surface area contributed by atoms with Crippen LogP contribution in [-0.4, -0.2) is 39.3 Å². The van der Waals surface area contributed by atoms with Crippen LogP contribution in [0.1, 0.15) is 44.6 Å². The van der Waals surface area contributed by atoms with Gasteiger partial charge in [-0.25, -0.2) is 13.1 Å². The highest BCUT2D eigenvalue weighted by Crippen LogP contribution is 2.17. The van der Waals surface area contributed by atoms with Crippen LogP contribution in [0.3, 0.4) is 0 Å². The Morgan fingerprint density at radius 3 is 2.56 bits per heavy atom. The zero-order chi connectivity index (χ0) is 18.0. The summed E-state index contributed by atoms with van der Waals surface area (Å²) in [6.07, 6.45) is 6.10. The van der Waals surface area contributed by atoms with Crippen molar-refractivity contribution < 1.29 is 8.42 Å². The number of hydrogen-bond donors (Lipinski definition) is 3. The molecule has 2 rings (SSSR count). The number of sulfonamides is 1. The highest BCUT2D eigenvalue weighted by molar-refractivity contribution is 7.89. The summed E-state index contributed by atoms with van der Waals surface area (Å²) in [4.78, 5) is 4.42. The smallest absolute Gasteiger partial charge is 0.213 e. The monoisotopic (exact) mass is 366 g/mol. The molecule has 1 fully saturated rings. The quantitative estimate of drug-likeness (QED) is 0.485. The first-order valence-corrected chi connectivity index (χ1v) is 10.8. The third kappa shape index (κ3) is 7.88. The second kappa shape index (κ2) is 10.4. The summed E-state index contributed by atoms with van der Waals surface area (Å²) < 4.78 is 26.8. The summed E-state index contributed by atoms with van der Waals surface area (Å²) >= 11 is 0. The van der Waals surface area contributed by atoms with E-state index in [2.05, 4.69) is 20.3 Å². The molecule has 1 aliphatic rings. The van der Waals surface area contributed by atoms with Crippen LogP contribution >= 0.6 is 0 Å². The van der Waals surface area contributed by atoms with E-state index in [0.29, 0.717) is 18.5 Å². The van der Waals surface area contributed by atoms with Crippen molar-refractivity contribution >= 4 is 16.0 Å². The molecule has 1 aromatic carbocycles. The van der Waals surface area contributed by atoms with Crippen molar-refractivity contribution in [2.24, 2.45) is 4.99 Å². The van der Waals surface area contributed by atoms with Crippen molar-refractivity contribution in [1.82, 2.24) is 15.4 Å². The summed E-state index contributed by atoms with van der Waals surface area (Å²) in [7, 11) is -3.34. The van der Waals surface area contributed by atoms with Gasteiger partial charge in [0.25, 0.3) is 0 Å². The van der Waals surface area contributed by atoms with Gasteiger partial charge in [-0.3, -0.25) is 4.99 Å². The summed E-state index contributed by atoms with van der Waals surface area (Å²) in [6.45, 7) is 3.33. The fourth-order valence-corrected chi connectivity index (χ4v) is 3.76. The fourth-order valence-electron chi connectivity index (χ4n) is 2.90. The lowest BCUT2D eigenvalue weighted by molar-refractivity contribution is 0.410. The number of nitrogens with one attached hydrogen (secondary N) is 3. The lowest BCUT2D eigenvalue weighted by Crippen LogP contribution is -2.44. The molecule has 1 aromatic rings. The molecule has 0 bridgehead atoms. The molecule has 0 heterocycles. The van der Waals surface area contributed by atoms with Crippen LogP contribution < -0.4 is 15.4 Å². The van der Waals surface area contributed by atoms with Crippen LogP contribution in [0.15, 0.2) is 35.3 Å². The number of rotatable bonds is 8. The minimum atomic E-state index is -3.34. The Kier molecular flexibility index (Phi) is 8.21. The normalized spacial score (nSPS) is 16.6. The third-order valence-corrected chi connectivity index (χ3v) is 5.56. The predicted octanol–water partition coefficient (Wildman–Crippen LogP) is 1.99. The average Bonchev–Trinajstić information content (AvgIpc) is 2.62. The van der Waals surface area contributed by atoms with Gasteiger partial charge in [0, 0.05) is 19.1 Å². The van der Waals surface area contributed by atoms with Crippen molar-refractivity contribution in [3.8, 4) is 0 Å². The van der Waals surface area contributed by atoms with E-state index in [1.54, 1.807) is 0 Å². The van der Waals surface area contributed by atoms with Gasteiger partial charge in [0.2, 0.25) is 10.0 Å². The predicted molar refractivity (Wildman–Crippen MR) is 103 cm³/mol. The Hall–Kier alpha value is -1.60. The molecule has 0 unspecified atom stereocenters. The Labute approximate surface area is 151 Å². The molecule has 0 spiro atoms. The number of guanidine groups is 1. The lowest BCUT2D eigenvalue weighted by atomic mass is 9.96. The summed E-state index contributed by atoms with van der Waals surface area (Å²) in [6, 6.07) is 9.95. The lowest BCUT2D eigenvalue weighted by Gasteiger charge is -2.24. The molecule has 1 aliphatic carbocycles. The molecule has 0 amide bonds. The topological polar surface area (TPSA) is 82.6 Å². The first kappa shape index (κ1) is 19.7. The van der Waals surface area contributed by atoms with E-state index in [1.165, 1.54) is 19.3 Å². The van der Waals surface area contributed by atoms with Gasteiger partial charge in [-0.15, -0.1) is 0 Å². The van der Waals surface area contributed by atoms with Crippen LogP contribution in [0.4, 0.5) is 0 Å². The standard InChI is InChI=1S/C18H30N4O2S/c1-2-19-18(22-17-11-7-4-8-12-17)20-13-14-25(23,24)21-15-16-9-5-3-6-10-16/h3,5-6,9-10,17,21H,2,4,7-8,11-15H2,1H3,(H2,19,20,22). The average molecular weight is 367 g/mol. The number of nitrogens with zero attached hydrogens (tertiary/aromatic N) is 1. The van der Waals surface area contributed by atoms with Crippen molar-refractivity contribution in [1.29, 1.82) is 0 Å². The second-order valence-electron chi connectivity index (χ2n) is 6.37. The van der Waals surface area contributed by atoms with Gasteiger partial charge in [0.05, 0.1) is 12.3 Å². The SMILES string of the molecule is CCNC(=NCCS(=O)(=O)NCc1ccccc1)NC1CCCCC1. The van der Waals surface area contributed by atoms with Crippen LogP contribution in [0.5, 0.6) is 0 Å². The van der Waals surface area contributed by atoms with Crippen molar-refractivity contribution in [3.63, 3.8) is 0 Å². The largest absolute Gasteiger partial charge is 0.357 e. The van der Waals surface area contributed by atoms with Crippen LogP contribution in [0.25, 0.3) is 0 Å². The van der Waals surface area contributed by atoms with Crippen LogP contribution in [0, 0.1) is 0 Å². The van der Waals surface area contributed by atoms with Crippen LogP contribution in [0.2, 0.25) is 0 Å². The molecule has 25 heavy (non-hydrogen) atoms. The molecule has 0 aliphatic heterocycles. The Bertz CT molecular complexity index is 626. The minimum Gasteiger partial charge on any atom is -0.357 e. The van der Waals surface area contributed by atoms with Gasteiger partial charge in [-0.05, 0) is 25.3 Å². The van der Waals surface area contributed by atoms with Gasteiger partial charge in [-0.2, -0.15) is 0 Å². The molecule has 0 radical (unpaired) electrons. The van der Waals surface area contributed by atoms with Crippen molar-refractivity contribution in [2.45, 2.75) is 51.6 Å². The maximum absolute atomic E-state index is 12.1. The zero-order valence-electron chi connectivity index (χ0n) is 15.0. The first-order chi connectivity index (χ1) is 12.1. The summed E-state index contributed by atoms with van der Waals surface area (Å²) in [5.74, 6) is 0.703.